The first-order valence-electron chi connectivity index (χ1n) is 4.39. The molecule has 0 aliphatic carbocycles. The topological polar surface area (TPSA) is 27.3 Å². The summed E-state index contributed by atoms with van der Waals surface area (Å²) in [6, 6.07) is 0.531. The maximum absolute atomic E-state index is 5.03. The van der Waals surface area contributed by atoms with Crippen molar-refractivity contribution in [1.29, 1.82) is 0 Å². The molecule has 0 spiro atoms. The summed E-state index contributed by atoms with van der Waals surface area (Å²) >= 11 is 5.03. The number of hydrogen-bond donors (Lipinski definition) is 2. The Labute approximate surface area is 79.5 Å². The molecular formula is C8H17N3S. The molecule has 1 aliphatic heterocycles. The smallest absolute Gasteiger partial charge is 0.166 e. The molecule has 3 nitrogen and oxygen atoms in total. The highest BCUT2D eigenvalue weighted by molar-refractivity contribution is 7.80. The summed E-state index contributed by atoms with van der Waals surface area (Å²) in [6.45, 7) is 2.31. The van der Waals surface area contributed by atoms with Gasteiger partial charge in [0.25, 0.3) is 0 Å². The maximum atomic E-state index is 5.03. The zero-order chi connectivity index (χ0) is 8.97. The summed E-state index contributed by atoms with van der Waals surface area (Å²) in [4.78, 5) is 2.33. The lowest BCUT2D eigenvalue weighted by atomic mass is 10.1. The van der Waals surface area contributed by atoms with Crippen LogP contribution in [0, 0.1) is 0 Å². The minimum atomic E-state index is 0.531. The second-order valence-electron chi connectivity index (χ2n) is 3.32. The van der Waals surface area contributed by atoms with E-state index in [9.17, 15) is 0 Å². The molecule has 1 aliphatic rings. The molecule has 1 unspecified atom stereocenters. The van der Waals surface area contributed by atoms with Gasteiger partial charge < -0.3 is 15.5 Å². The molecule has 0 amide bonds. The number of piperidine rings is 1. The monoisotopic (exact) mass is 187 g/mol. The Morgan fingerprint density at radius 2 is 2.33 bits per heavy atom. The van der Waals surface area contributed by atoms with Crippen LogP contribution in [0.3, 0.4) is 0 Å². The van der Waals surface area contributed by atoms with Crippen molar-refractivity contribution in [3.05, 3.63) is 0 Å². The molecule has 2 N–H and O–H groups in total. The summed E-state index contributed by atoms with van der Waals surface area (Å²) in [5.74, 6) is 0. The van der Waals surface area contributed by atoms with Gasteiger partial charge in [-0.3, -0.25) is 0 Å². The molecule has 0 saturated carbocycles. The standard InChI is InChI=1S/C8H17N3S/c1-9-8(12)10-7-4-3-5-11(2)6-7/h7H,3-6H2,1-2H3,(H2,9,10,12). The van der Waals surface area contributed by atoms with E-state index >= 15 is 0 Å². The van der Waals surface area contributed by atoms with Crippen molar-refractivity contribution in [2.24, 2.45) is 0 Å². The van der Waals surface area contributed by atoms with Crippen molar-refractivity contribution in [3.63, 3.8) is 0 Å². The quantitative estimate of drug-likeness (QED) is 0.573. The second-order valence-corrected chi connectivity index (χ2v) is 3.73. The predicted octanol–water partition coefficient (Wildman–Crippen LogP) is 0.174. The summed E-state index contributed by atoms with van der Waals surface area (Å²) < 4.78 is 0. The number of nitrogens with one attached hydrogen (secondary N) is 2. The third-order valence-electron chi connectivity index (χ3n) is 2.19. The van der Waals surface area contributed by atoms with Crippen LogP contribution in [0.4, 0.5) is 0 Å². The molecule has 12 heavy (non-hydrogen) atoms. The normalized spacial score (nSPS) is 25.0. The average Bonchev–Trinajstić information content (AvgIpc) is 2.04. The van der Waals surface area contributed by atoms with Crippen molar-refractivity contribution >= 4 is 17.3 Å². The minimum absolute atomic E-state index is 0.531. The van der Waals surface area contributed by atoms with Crippen LogP contribution in [0.5, 0.6) is 0 Å². The molecule has 1 fully saturated rings. The summed E-state index contributed by atoms with van der Waals surface area (Å²) in [5.41, 5.74) is 0. The van der Waals surface area contributed by atoms with Crippen molar-refractivity contribution < 1.29 is 0 Å². The van der Waals surface area contributed by atoms with Crippen LogP contribution in [0.2, 0.25) is 0 Å². The van der Waals surface area contributed by atoms with E-state index in [1.54, 1.807) is 0 Å². The van der Waals surface area contributed by atoms with Crippen molar-refractivity contribution in [2.75, 3.05) is 27.2 Å². The van der Waals surface area contributed by atoms with Crippen LogP contribution >= 0.6 is 12.2 Å². The van der Waals surface area contributed by atoms with Gasteiger partial charge in [-0.15, -0.1) is 0 Å². The number of hydrogen-bond acceptors (Lipinski definition) is 2. The van der Waals surface area contributed by atoms with Gasteiger partial charge in [0.1, 0.15) is 0 Å². The number of likely N-dealkylation sites (tertiary alicyclic amines) is 1. The van der Waals surface area contributed by atoms with Gasteiger partial charge in [-0.05, 0) is 38.7 Å². The van der Waals surface area contributed by atoms with Gasteiger partial charge in [0, 0.05) is 19.6 Å². The first-order chi connectivity index (χ1) is 5.72. The number of thiocarbonyl (C=S) groups is 1. The van der Waals surface area contributed by atoms with Gasteiger partial charge in [-0.2, -0.15) is 0 Å². The van der Waals surface area contributed by atoms with Gasteiger partial charge >= 0.3 is 0 Å². The molecule has 0 bridgehead atoms. The van der Waals surface area contributed by atoms with E-state index in [-0.39, 0.29) is 0 Å². The van der Waals surface area contributed by atoms with E-state index in [2.05, 4.69) is 22.6 Å². The minimum Gasteiger partial charge on any atom is -0.366 e. The predicted molar refractivity (Wildman–Crippen MR) is 55.3 cm³/mol. The second kappa shape index (κ2) is 4.62. The van der Waals surface area contributed by atoms with Crippen LogP contribution in [-0.4, -0.2) is 43.2 Å². The first-order valence-corrected chi connectivity index (χ1v) is 4.80. The van der Waals surface area contributed by atoms with E-state index in [1.807, 2.05) is 7.05 Å². The van der Waals surface area contributed by atoms with Gasteiger partial charge in [0.15, 0.2) is 5.11 Å². The fourth-order valence-corrected chi connectivity index (χ4v) is 1.71. The van der Waals surface area contributed by atoms with Crippen molar-refractivity contribution in [2.45, 2.75) is 18.9 Å². The van der Waals surface area contributed by atoms with Crippen LogP contribution < -0.4 is 10.6 Å². The van der Waals surface area contributed by atoms with E-state index in [0.29, 0.717) is 6.04 Å². The maximum Gasteiger partial charge on any atom is 0.166 e. The average molecular weight is 187 g/mol. The fraction of sp³-hybridized carbons (Fsp3) is 0.875. The van der Waals surface area contributed by atoms with Gasteiger partial charge in [-0.1, -0.05) is 0 Å². The molecule has 1 heterocycles. The molecule has 1 atom stereocenters. The van der Waals surface area contributed by atoms with E-state index in [1.165, 1.54) is 19.4 Å². The van der Waals surface area contributed by atoms with Crippen LogP contribution in [-0.2, 0) is 0 Å². The zero-order valence-corrected chi connectivity index (χ0v) is 8.58. The first kappa shape index (κ1) is 9.74. The molecule has 70 valence electrons. The van der Waals surface area contributed by atoms with E-state index in [0.717, 1.165) is 11.7 Å². The highest BCUT2D eigenvalue weighted by atomic mass is 32.1. The fourth-order valence-electron chi connectivity index (χ4n) is 1.54. The Morgan fingerprint density at radius 3 is 2.92 bits per heavy atom. The molecule has 0 radical (unpaired) electrons. The highest BCUT2D eigenvalue weighted by Gasteiger charge is 2.16. The lowest BCUT2D eigenvalue weighted by Crippen LogP contribution is -2.48. The summed E-state index contributed by atoms with van der Waals surface area (Å²) in [6.07, 6.45) is 2.49. The third kappa shape index (κ3) is 2.95. The Hall–Kier alpha value is -0.350. The van der Waals surface area contributed by atoms with E-state index < -0.39 is 0 Å². The van der Waals surface area contributed by atoms with Crippen LogP contribution in [0.15, 0.2) is 0 Å². The Bertz CT molecular complexity index is 160. The summed E-state index contributed by atoms with van der Waals surface area (Å²) in [7, 11) is 4.00. The van der Waals surface area contributed by atoms with Gasteiger partial charge in [0.2, 0.25) is 0 Å². The number of nitrogens with zero attached hydrogens (tertiary/aromatic N) is 1. The number of likely N-dealkylation sites (N-methyl/N-ethyl adjacent to an activating group) is 1. The molecule has 1 saturated heterocycles. The van der Waals surface area contributed by atoms with Crippen molar-refractivity contribution in [1.82, 2.24) is 15.5 Å². The molecule has 0 aromatic rings. The molecule has 0 aromatic carbocycles. The zero-order valence-electron chi connectivity index (χ0n) is 7.76. The largest absolute Gasteiger partial charge is 0.366 e. The summed E-state index contributed by atoms with van der Waals surface area (Å²) in [5, 5.41) is 6.97. The third-order valence-corrected chi connectivity index (χ3v) is 2.51. The Kier molecular flexibility index (Phi) is 3.75. The molecule has 4 heteroatoms. The highest BCUT2D eigenvalue weighted by Crippen LogP contribution is 2.07. The van der Waals surface area contributed by atoms with Gasteiger partial charge in [0.05, 0.1) is 0 Å². The Morgan fingerprint density at radius 1 is 1.58 bits per heavy atom. The van der Waals surface area contributed by atoms with Crippen LogP contribution in [0.1, 0.15) is 12.8 Å². The van der Waals surface area contributed by atoms with E-state index in [4.69, 9.17) is 12.2 Å². The SMILES string of the molecule is CNC(=S)NC1CCCN(C)C1. The molecular weight excluding hydrogens is 170 g/mol. The van der Waals surface area contributed by atoms with Gasteiger partial charge in [-0.25, -0.2) is 0 Å². The van der Waals surface area contributed by atoms with Crippen LogP contribution in [0.25, 0.3) is 0 Å². The Balaban J connectivity index is 2.27. The number of rotatable bonds is 1. The van der Waals surface area contributed by atoms with Crippen molar-refractivity contribution in [3.8, 4) is 0 Å². The lowest BCUT2D eigenvalue weighted by molar-refractivity contribution is 0.241. The molecule has 1 rings (SSSR count). The molecule has 0 aromatic heterocycles. The lowest BCUT2D eigenvalue weighted by Gasteiger charge is -2.30.